The second-order valence-electron chi connectivity index (χ2n) is 4.60. The summed E-state index contributed by atoms with van der Waals surface area (Å²) in [6, 6.07) is 5.01. The molecule has 0 bridgehead atoms. The van der Waals surface area contributed by atoms with Gasteiger partial charge in [0.05, 0.1) is 40.7 Å². The fraction of sp³-hybridized carbons (Fsp3) is 0.154. The second-order valence-corrected chi connectivity index (χ2v) is 5.76. The highest BCUT2D eigenvalue weighted by molar-refractivity contribution is 14.1. The van der Waals surface area contributed by atoms with Crippen LogP contribution in [-0.4, -0.2) is 31.0 Å². The molecule has 0 fully saturated rings. The largest absolute Gasteiger partial charge is 0.324 e. The average molecular weight is 397 g/mol. The number of aromatic nitrogens is 2. The van der Waals surface area contributed by atoms with Crippen molar-refractivity contribution in [3.63, 3.8) is 0 Å². The molecule has 1 atom stereocenters. The number of amides is 2. The van der Waals surface area contributed by atoms with Crippen molar-refractivity contribution < 1.29 is 9.59 Å². The molecule has 7 nitrogen and oxygen atoms in total. The SMILES string of the molecule is N[C@H]1CN(I)C(=O)c2c(NC(=O)c3cccnc3)ccn21. The molecule has 0 radical (unpaired) electrons. The number of anilines is 1. The van der Waals surface area contributed by atoms with Gasteiger partial charge in [-0.25, -0.2) is 0 Å². The van der Waals surface area contributed by atoms with Crippen LogP contribution in [0.3, 0.4) is 0 Å². The Labute approximate surface area is 134 Å². The first-order valence-corrected chi connectivity index (χ1v) is 7.20. The van der Waals surface area contributed by atoms with E-state index in [1.807, 2.05) is 22.9 Å². The van der Waals surface area contributed by atoms with Gasteiger partial charge in [0.1, 0.15) is 11.9 Å². The maximum Gasteiger partial charge on any atom is 0.281 e. The second kappa shape index (κ2) is 5.45. The molecule has 3 rings (SSSR count). The number of hydrogen-bond donors (Lipinski definition) is 2. The molecule has 8 heteroatoms. The highest BCUT2D eigenvalue weighted by Gasteiger charge is 2.31. The van der Waals surface area contributed by atoms with E-state index in [9.17, 15) is 9.59 Å². The van der Waals surface area contributed by atoms with E-state index in [0.29, 0.717) is 23.5 Å². The molecule has 3 heterocycles. The number of hydrogen-bond acceptors (Lipinski definition) is 4. The van der Waals surface area contributed by atoms with Crippen molar-refractivity contribution in [2.75, 3.05) is 11.9 Å². The van der Waals surface area contributed by atoms with Crippen LogP contribution in [0, 0.1) is 0 Å². The topological polar surface area (TPSA) is 93.2 Å². The molecule has 2 amide bonds. The summed E-state index contributed by atoms with van der Waals surface area (Å²) in [6.45, 7) is 0.428. The Morgan fingerprint density at radius 3 is 3.00 bits per heavy atom. The number of pyridine rings is 1. The van der Waals surface area contributed by atoms with E-state index in [4.69, 9.17) is 5.73 Å². The zero-order valence-electron chi connectivity index (χ0n) is 10.9. The molecule has 1 aliphatic rings. The Balaban J connectivity index is 1.92. The predicted molar refractivity (Wildman–Crippen MR) is 84.9 cm³/mol. The van der Waals surface area contributed by atoms with E-state index >= 15 is 0 Å². The van der Waals surface area contributed by atoms with Crippen LogP contribution in [0.4, 0.5) is 5.69 Å². The third kappa shape index (κ3) is 2.51. The predicted octanol–water partition coefficient (Wildman–Crippen LogP) is 1.40. The van der Waals surface area contributed by atoms with Crippen LogP contribution in [0.15, 0.2) is 36.8 Å². The molecule has 0 unspecified atom stereocenters. The van der Waals surface area contributed by atoms with Crippen LogP contribution in [0.5, 0.6) is 0 Å². The maximum absolute atomic E-state index is 12.2. The van der Waals surface area contributed by atoms with Gasteiger partial charge in [-0.15, -0.1) is 0 Å². The number of carbonyl (C=O) groups is 2. The average Bonchev–Trinajstić information content (AvgIpc) is 2.90. The van der Waals surface area contributed by atoms with E-state index in [1.165, 1.54) is 9.31 Å². The monoisotopic (exact) mass is 397 g/mol. The highest BCUT2D eigenvalue weighted by Crippen LogP contribution is 2.28. The van der Waals surface area contributed by atoms with E-state index in [1.54, 1.807) is 35.2 Å². The first-order chi connectivity index (χ1) is 10.1. The molecule has 108 valence electrons. The van der Waals surface area contributed by atoms with E-state index in [-0.39, 0.29) is 18.0 Å². The Kier molecular flexibility index (Phi) is 3.64. The number of rotatable bonds is 2. The number of nitrogens with two attached hydrogens (primary N) is 1. The molecule has 0 saturated carbocycles. The summed E-state index contributed by atoms with van der Waals surface area (Å²) in [4.78, 5) is 28.3. The minimum absolute atomic E-state index is 0.177. The molecule has 0 saturated heterocycles. The lowest BCUT2D eigenvalue weighted by molar-refractivity contribution is 0.0837. The van der Waals surface area contributed by atoms with Crippen molar-refractivity contribution in [2.45, 2.75) is 6.17 Å². The van der Waals surface area contributed by atoms with Crippen molar-refractivity contribution in [1.82, 2.24) is 12.7 Å². The van der Waals surface area contributed by atoms with Crippen LogP contribution in [-0.2, 0) is 0 Å². The molecule has 0 spiro atoms. The molecular weight excluding hydrogens is 385 g/mol. The number of halogens is 1. The summed E-state index contributed by atoms with van der Waals surface area (Å²) in [5.74, 6) is -0.493. The minimum Gasteiger partial charge on any atom is -0.324 e. The normalized spacial score (nSPS) is 17.5. The van der Waals surface area contributed by atoms with Gasteiger partial charge in [0.2, 0.25) is 0 Å². The molecule has 0 aliphatic carbocycles. The maximum atomic E-state index is 12.2. The van der Waals surface area contributed by atoms with Crippen LogP contribution in [0.25, 0.3) is 0 Å². The van der Waals surface area contributed by atoms with Gasteiger partial charge in [0.25, 0.3) is 11.8 Å². The first-order valence-electron chi connectivity index (χ1n) is 6.23. The van der Waals surface area contributed by atoms with E-state index in [2.05, 4.69) is 10.3 Å². The summed E-state index contributed by atoms with van der Waals surface area (Å²) >= 11 is 1.92. The molecule has 3 N–H and O–H groups in total. The van der Waals surface area contributed by atoms with Crippen molar-refractivity contribution in [2.24, 2.45) is 5.73 Å². The zero-order valence-corrected chi connectivity index (χ0v) is 13.0. The number of fused-ring (bicyclic) bond motifs is 1. The van der Waals surface area contributed by atoms with Crippen LogP contribution >= 0.6 is 22.9 Å². The molecule has 2 aromatic rings. The van der Waals surface area contributed by atoms with Crippen molar-refractivity contribution in [3.8, 4) is 0 Å². The lowest BCUT2D eigenvalue weighted by Gasteiger charge is -2.28. The van der Waals surface area contributed by atoms with Gasteiger partial charge < -0.3 is 15.6 Å². The lowest BCUT2D eigenvalue weighted by Crippen LogP contribution is -2.40. The smallest absolute Gasteiger partial charge is 0.281 e. The highest BCUT2D eigenvalue weighted by atomic mass is 127. The van der Waals surface area contributed by atoms with Crippen LogP contribution < -0.4 is 11.1 Å². The Hall–Kier alpha value is -1.94. The van der Waals surface area contributed by atoms with Gasteiger partial charge in [0, 0.05) is 18.6 Å². The van der Waals surface area contributed by atoms with E-state index < -0.39 is 0 Å². The van der Waals surface area contributed by atoms with Crippen molar-refractivity contribution in [1.29, 1.82) is 0 Å². The van der Waals surface area contributed by atoms with Crippen LogP contribution in [0.2, 0.25) is 0 Å². The van der Waals surface area contributed by atoms with Gasteiger partial charge in [-0.3, -0.25) is 17.7 Å². The molecule has 2 aromatic heterocycles. The summed E-state index contributed by atoms with van der Waals surface area (Å²) in [5.41, 5.74) is 7.26. The third-order valence-corrected chi connectivity index (χ3v) is 4.05. The Morgan fingerprint density at radius 1 is 1.48 bits per heavy atom. The number of nitrogens with zero attached hydrogens (tertiary/aromatic N) is 3. The summed E-state index contributed by atoms with van der Waals surface area (Å²) in [6.07, 6.45) is 4.45. The van der Waals surface area contributed by atoms with Gasteiger partial charge in [-0.05, 0) is 18.2 Å². The van der Waals surface area contributed by atoms with Gasteiger partial charge in [-0.1, -0.05) is 0 Å². The Morgan fingerprint density at radius 2 is 2.29 bits per heavy atom. The minimum atomic E-state index is -0.321. The quantitative estimate of drug-likeness (QED) is 0.592. The lowest BCUT2D eigenvalue weighted by atomic mass is 10.2. The standard InChI is InChI=1S/C13H12IN5O2/c14-19-7-10(15)18-5-3-9(11(18)13(19)21)17-12(20)8-2-1-4-16-6-8/h1-6,10H,7,15H2,(H,17,20)/t10-/m1/s1. The molecular formula is C13H12IN5O2. The summed E-state index contributed by atoms with van der Waals surface area (Å²) in [7, 11) is 0. The molecule has 21 heavy (non-hydrogen) atoms. The van der Waals surface area contributed by atoms with E-state index in [0.717, 1.165) is 0 Å². The van der Waals surface area contributed by atoms with Crippen LogP contribution in [0.1, 0.15) is 27.0 Å². The van der Waals surface area contributed by atoms with Crippen molar-refractivity contribution >= 4 is 40.4 Å². The molecule has 1 aliphatic heterocycles. The zero-order chi connectivity index (χ0) is 15.0. The fourth-order valence-electron chi connectivity index (χ4n) is 2.19. The summed E-state index contributed by atoms with van der Waals surface area (Å²) < 4.78 is 3.19. The number of carbonyl (C=O) groups excluding carboxylic acids is 2. The number of nitrogens with one attached hydrogen (secondary N) is 1. The molecule has 0 aromatic carbocycles. The Bertz CT molecular complexity index is 700. The van der Waals surface area contributed by atoms with Crippen molar-refractivity contribution in [3.05, 3.63) is 48.0 Å². The van der Waals surface area contributed by atoms with Gasteiger partial charge >= 0.3 is 0 Å². The van der Waals surface area contributed by atoms with Gasteiger partial charge in [-0.2, -0.15) is 0 Å². The first kappa shape index (κ1) is 14.0. The summed E-state index contributed by atoms with van der Waals surface area (Å²) in [5, 5.41) is 2.73. The third-order valence-electron chi connectivity index (χ3n) is 3.21. The van der Waals surface area contributed by atoms with Gasteiger partial charge in [0.15, 0.2) is 0 Å². The fourth-order valence-corrected chi connectivity index (χ4v) is 2.82.